The first-order chi connectivity index (χ1) is 13.5. The lowest BCUT2D eigenvalue weighted by atomic mass is 9.67. The fraction of sp³-hybridized carbons (Fsp3) is 0.391. The first kappa shape index (κ1) is 17.7. The molecule has 1 aromatic carbocycles. The van der Waals surface area contributed by atoms with Crippen LogP contribution in [0.15, 0.2) is 35.8 Å². The van der Waals surface area contributed by atoms with Gasteiger partial charge in [0.25, 0.3) is 0 Å². The number of hydrogen-bond donors (Lipinski definition) is 1. The molecule has 2 fully saturated rings. The van der Waals surface area contributed by atoms with Crippen LogP contribution in [-0.2, 0) is 0 Å². The summed E-state index contributed by atoms with van der Waals surface area (Å²) in [6.07, 6.45) is 6.87. The van der Waals surface area contributed by atoms with Crippen LogP contribution >= 0.6 is 11.3 Å². The van der Waals surface area contributed by atoms with Crippen LogP contribution in [-0.4, -0.2) is 22.3 Å². The molecule has 1 spiro atoms. The van der Waals surface area contributed by atoms with E-state index in [1.54, 1.807) is 17.4 Å². The molecule has 5 heteroatoms. The Hall–Kier alpha value is -2.40. The Kier molecular flexibility index (Phi) is 3.98. The zero-order chi connectivity index (χ0) is 19.5. The summed E-state index contributed by atoms with van der Waals surface area (Å²) in [5.74, 6) is 1.26. The van der Waals surface area contributed by atoms with Gasteiger partial charge in [-0.1, -0.05) is 25.6 Å². The lowest BCUT2D eigenvalue weighted by Gasteiger charge is -2.41. The van der Waals surface area contributed by atoms with Crippen molar-refractivity contribution >= 4 is 39.6 Å². The third-order valence-corrected chi connectivity index (χ3v) is 7.37. The predicted octanol–water partition coefficient (Wildman–Crippen LogP) is 6.16. The van der Waals surface area contributed by atoms with Crippen molar-refractivity contribution in [1.29, 1.82) is 0 Å². The molecule has 2 aromatic rings. The van der Waals surface area contributed by atoms with Gasteiger partial charge in [0.05, 0.1) is 22.9 Å². The van der Waals surface area contributed by atoms with Crippen molar-refractivity contribution < 1.29 is 0 Å². The Morgan fingerprint density at radius 1 is 1.32 bits per heavy atom. The van der Waals surface area contributed by atoms with Crippen molar-refractivity contribution in [2.24, 2.45) is 10.4 Å². The van der Waals surface area contributed by atoms with E-state index in [4.69, 9.17) is 4.99 Å². The van der Waals surface area contributed by atoms with Gasteiger partial charge in [-0.05, 0) is 50.8 Å². The van der Waals surface area contributed by atoms with Crippen LogP contribution in [0, 0.1) is 12.3 Å². The summed E-state index contributed by atoms with van der Waals surface area (Å²) in [7, 11) is 0. The maximum atomic E-state index is 5.28. The number of fused-ring (bicyclic) bond motifs is 3. The van der Waals surface area contributed by atoms with Crippen molar-refractivity contribution in [2.45, 2.75) is 45.6 Å². The molecule has 144 valence electrons. The predicted molar refractivity (Wildman–Crippen MR) is 119 cm³/mol. The number of benzene rings is 1. The Balaban J connectivity index is 1.59. The molecule has 1 aliphatic carbocycles. The van der Waals surface area contributed by atoms with E-state index < -0.39 is 0 Å². The van der Waals surface area contributed by atoms with Crippen molar-refractivity contribution in [3.63, 3.8) is 0 Å². The first-order valence-electron chi connectivity index (χ1n) is 10.1. The molecule has 1 saturated carbocycles. The van der Waals surface area contributed by atoms with Crippen LogP contribution in [0.5, 0.6) is 0 Å². The van der Waals surface area contributed by atoms with Gasteiger partial charge in [-0.2, -0.15) is 0 Å². The van der Waals surface area contributed by atoms with Crippen LogP contribution in [0.25, 0.3) is 11.8 Å². The number of aryl methyl sites for hydroxylation is 1. The van der Waals surface area contributed by atoms with E-state index in [0.717, 1.165) is 28.6 Å². The second kappa shape index (κ2) is 6.31. The van der Waals surface area contributed by atoms with Gasteiger partial charge in [-0.15, -0.1) is 11.3 Å². The monoisotopic (exact) mass is 390 g/mol. The summed E-state index contributed by atoms with van der Waals surface area (Å²) in [6, 6.07) is 4.62. The molecule has 0 amide bonds. The molecule has 5 rings (SSSR count). The summed E-state index contributed by atoms with van der Waals surface area (Å²) in [4.78, 5) is 12.0. The zero-order valence-electron chi connectivity index (χ0n) is 16.6. The molecule has 1 N–H and O–H groups in total. The third-order valence-electron chi connectivity index (χ3n) is 6.60. The SMILES string of the molecule is C=Cc1ncsc1NC(C)c1cc(C)cc2c1N=C1N(CCC13CCC3)C2=C. The van der Waals surface area contributed by atoms with Gasteiger partial charge in [-0.25, -0.2) is 9.98 Å². The first-order valence-corrected chi connectivity index (χ1v) is 10.9. The fourth-order valence-electron chi connectivity index (χ4n) is 4.86. The summed E-state index contributed by atoms with van der Waals surface area (Å²) in [6.45, 7) is 13.7. The Morgan fingerprint density at radius 2 is 2.14 bits per heavy atom. The molecule has 28 heavy (non-hydrogen) atoms. The Morgan fingerprint density at radius 3 is 2.86 bits per heavy atom. The van der Waals surface area contributed by atoms with E-state index in [9.17, 15) is 0 Å². The lowest BCUT2D eigenvalue weighted by molar-refractivity contribution is 0.236. The number of nitrogens with one attached hydrogen (secondary N) is 1. The topological polar surface area (TPSA) is 40.5 Å². The smallest absolute Gasteiger partial charge is 0.116 e. The minimum absolute atomic E-state index is 0.121. The van der Waals surface area contributed by atoms with Crippen LogP contribution in [0.1, 0.15) is 61.0 Å². The number of thiazole rings is 1. The molecule has 1 unspecified atom stereocenters. The van der Waals surface area contributed by atoms with E-state index in [-0.39, 0.29) is 6.04 Å². The standard InChI is InChI=1S/C23H26N4S/c1-5-19-21(28-13-24-19)25-15(3)17-11-14(2)12-18-16(4)27-10-9-23(7-6-8-23)22(27)26-20(17)18/h5,11-13,15,25H,1,4,6-10H2,2-3H3. The average Bonchev–Trinajstić information content (AvgIpc) is 3.26. The van der Waals surface area contributed by atoms with Crippen LogP contribution in [0.3, 0.4) is 0 Å². The number of hydrogen-bond acceptors (Lipinski definition) is 5. The van der Waals surface area contributed by atoms with Crippen LogP contribution in [0.2, 0.25) is 0 Å². The quantitative estimate of drug-likeness (QED) is 0.680. The maximum Gasteiger partial charge on any atom is 0.116 e. The van der Waals surface area contributed by atoms with E-state index in [1.807, 2.05) is 5.51 Å². The highest BCUT2D eigenvalue weighted by atomic mass is 32.1. The fourth-order valence-corrected chi connectivity index (χ4v) is 5.64. The Labute approximate surface area is 170 Å². The van der Waals surface area contributed by atoms with Gasteiger partial charge in [0.1, 0.15) is 10.8 Å². The molecule has 1 atom stereocenters. The molecule has 1 saturated heterocycles. The minimum atomic E-state index is 0.121. The molecule has 1 aromatic heterocycles. The highest BCUT2D eigenvalue weighted by Crippen LogP contribution is 2.54. The van der Waals surface area contributed by atoms with Crippen LogP contribution in [0.4, 0.5) is 10.7 Å². The largest absolute Gasteiger partial charge is 0.369 e. The van der Waals surface area contributed by atoms with Gasteiger partial charge in [0.2, 0.25) is 0 Å². The average molecular weight is 391 g/mol. The summed E-state index contributed by atoms with van der Waals surface area (Å²) in [5, 5.41) is 4.68. The van der Waals surface area contributed by atoms with Gasteiger partial charge >= 0.3 is 0 Å². The molecule has 0 radical (unpaired) electrons. The maximum absolute atomic E-state index is 5.28. The second-order valence-electron chi connectivity index (χ2n) is 8.30. The van der Waals surface area contributed by atoms with Crippen molar-refractivity contribution in [3.8, 4) is 0 Å². The highest BCUT2D eigenvalue weighted by molar-refractivity contribution is 7.14. The van der Waals surface area contributed by atoms with E-state index in [1.165, 1.54) is 48.2 Å². The van der Waals surface area contributed by atoms with Crippen LogP contribution < -0.4 is 5.32 Å². The normalized spacial score (nSPS) is 20.3. The van der Waals surface area contributed by atoms with Crippen molar-refractivity contribution in [1.82, 2.24) is 9.88 Å². The number of amidine groups is 1. The van der Waals surface area contributed by atoms with E-state index >= 15 is 0 Å². The number of nitrogens with zero attached hydrogens (tertiary/aromatic N) is 3. The van der Waals surface area contributed by atoms with Gasteiger partial charge < -0.3 is 10.2 Å². The van der Waals surface area contributed by atoms with Crippen molar-refractivity contribution in [3.05, 3.63) is 53.2 Å². The molecule has 0 bridgehead atoms. The van der Waals surface area contributed by atoms with E-state index in [2.05, 4.69) is 54.3 Å². The lowest BCUT2D eigenvalue weighted by Crippen LogP contribution is -2.40. The zero-order valence-corrected chi connectivity index (χ0v) is 17.4. The second-order valence-corrected chi connectivity index (χ2v) is 9.16. The molecular formula is C23H26N4S. The number of aromatic nitrogens is 1. The summed E-state index contributed by atoms with van der Waals surface area (Å²) < 4.78 is 0. The third kappa shape index (κ3) is 2.49. The van der Waals surface area contributed by atoms with E-state index in [0.29, 0.717) is 5.41 Å². The van der Waals surface area contributed by atoms with Gasteiger partial charge in [-0.3, -0.25) is 0 Å². The van der Waals surface area contributed by atoms with Crippen molar-refractivity contribution in [2.75, 3.05) is 11.9 Å². The number of rotatable bonds is 4. The number of anilines is 1. The Bertz CT molecular complexity index is 1010. The summed E-state index contributed by atoms with van der Waals surface area (Å²) in [5.41, 5.74) is 8.93. The highest BCUT2D eigenvalue weighted by Gasteiger charge is 2.50. The number of aliphatic imine (C=N–C) groups is 1. The summed E-state index contributed by atoms with van der Waals surface area (Å²) >= 11 is 1.61. The molecule has 4 nitrogen and oxygen atoms in total. The molecule has 3 aliphatic rings. The minimum Gasteiger partial charge on any atom is -0.369 e. The molecule has 3 heterocycles. The molecular weight excluding hydrogens is 364 g/mol. The van der Waals surface area contributed by atoms with Gasteiger partial charge in [0, 0.05) is 28.8 Å². The van der Waals surface area contributed by atoms with Gasteiger partial charge in [0.15, 0.2) is 0 Å². The molecule has 2 aliphatic heterocycles.